The van der Waals surface area contributed by atoms with Gasteiger partial charge in [0.2, 0.25) is 0 Å². The third-order valence-corrected chi connectivity index (χ3v) is 2.88. The molecule has 1 saturated carbocycles. The molecule has 0 spiro atoms. The molecular formula is C10H17N3O2. The van der Waals surface area contributed by atoms with E-state index in [-0.39, 0.29) is 0 Å². The van der Waals surface area contributed by atoms with Crippen LogP contribution in [0.3, 0.4) is 0 Å². The Kier molecular flexibility index (Phi) is 2.90. The van der Waals surface area contributed by atoms with Gasteiger partial charge in [0.05, 0.1) is 5.60 Å². The lowest BCUT2D eigenvalue weighted by Crippen LogP contribution is -2.38. The van der Waals surface area contributed by atoms with Crippen molar-refractivity contribution < 1.29 is 9.63 Å². The van der Waals surface area contributed by atoms with E-state index in [1.54, 1.807) is 6.92 Å². The molecule has 0 aromatic carbocycles. The first kappa shape index (κ1) is 10.4. The minimum absolute atomic E-state index is 0.395. The van der Waals surface area contributed by atoms with Crippen LogP contribution < -0.4 is 5.32 Å². The average Bonchev–Trinajstić information content (AvgIpc) is 2.63. The van der Waals surface area contributed by atoms with Gasteiger partial charge < -0.3 is 14.9 Å². The van der Waals surface area contributed by atoms with Crippen molar-refractivity contribution in [2.75, 3.05) is 11.9 Å². The van der Waals surface area contributed by atoms with Gasteiger partial charge in [0.1, 0.15) is 0 Å². The van der Waals surface area contributed by atoms with Gasteiger partial charge in [0.15, 0.2) is 5.82 Å². The number of nitrogens with one attached hydrogen (secondary N) is 1. The molecule has 5 nitrogen and oxygen atoms in total. The van der Waals surface area contributed by atoms with E-state index < -0.39 is 5.60 Å². The summed E-state index contributed by atoms with van der Waals surface area (Å²) >= 11 is 0. The average molecular weight is 211 g/mol. The van der Waals surface area contributed by atoms with Crippen LogP contribution in [0, 0.1) is 6.92 Å². The molecule has 1 aliphatic carbocycles. The van der Waals surface area contributed by atoms with Crippen molar-refractivity contribution in [3.63, 3.8) is 0 Å². The topological polar surface area (TPSA) is 71.2 Å². The summed E-state index contributed by atoms with van der Waals surface area (Å²) < 4.78 is 4.92. The fourth-order valence-electron chi connectivity index (χ4n) is 2.00. The molecule has 0 radical (unpaired) electrons. The van der Waals surface area contributed by atoms with Gasteiger partial charge in [-0.2, -0.15) is 4.98 Å². The summed E-state index contributed by atoms with van der Waals surface area (Å²) in [5.74, 6) is 0.605. The largest absolute Gasteiger partial charge is 0.388 e. The number of hydrogen-bond donors (Lipinski definition) is 2. The van der Waals surface area contributed by atoms with E-state index >= 15 is 0 Å². The molecule has 84 valence electrons. The van der Waals surface area contributed by atoms with Gasteiger partial charge in [-0.3, -0.25) is 0 Å². The molecule has 1 heterocycles. The first-order valence-electron chi connectivity index (χ1n) is 5.45. The molecule has 1 fully saturated rings. The van der Waals surface area contributed by atoms with Crippen molar-refractivity contribution in [2.24, 2.45) is 0 Å². The Labute approximate surface area is 88.9 Å². The maximum absolute atomic E-state index is 10.2. The molecule has 0 atom stereocenters. The fraction of sp³-hybridized carbons (Fsp3) is 0.800. The molecule has 1 aromatic heterocycles. The second-order valence-corrected chi connectivity index (χ2v) is 4.29. The lowest BCUT2D eigenvalue weighted by molar-refractivity contribution is 0.0162. The molecular weight excluding hydrogens is 194 g/mol. The second kappa shape index (κ2) is 4.18. The van der Waals surface area contributed by atoms with E-state index in [0.29, 0.717) is 18.4 Å². The first-order valence-corrected chi connectivity index (χ1v) is 5.45. The SMILES string of the molecule is Cc1noc(NCC2(O)CCCCC2)n1. The predicted molar refractivity (Wildman–Crippen MR) is 55.6 cm³/mol. The maximum atomic E-state index is 10.2. The van der Waals surface area contributed by atoms with Crippen LogP contribution >= 0.6 is 0 Å². The Balaban J connectivity index is 1.86. The van der Waals surface area contributed by atoms with E-state index in [9.17, 15) is 5.11 Å². The van der Waals surface area contributed by atoms with Crippen LogP contribution in [-0.2, 0) is 0 Å². The van der Waals surface area contributed by atoms with Crippen LogP contribution in [0.4, 0.5) is 6.01 Å². The number of aryl methyl sites for hydroxylation is 1. The van der Waals surface area contributed by atoms with E-state index in [1.165, 1.54) is 6.42 Å². The smallest absolute Gasteiger partial charge is 0.321 e. The van der Waals surface area contributed by atoms with Crippen LogP contribution in [0.15, 0.2) is 4.52 Å². The van der Waals surface area contributed by atoms with Crippen molar-refractivity contribution in [1.82, 2.24) is 10.1 Å². The first-order chi connectivity index (χ1) is 7.18. The Morgan fingerprint density at radius 2 is 2.13 bits per heavy atom. The van der Waals surface area contributed by atoms with Crippen molar-refractivity contribution in [3.05, 3.63) is 5.82 Å². The summed E-state index contributed by atoms with van der Waals surface area (Å²) in [6.07, 6.45) is 5.13. The highest BCUT2D eigenvalue weighted by molar-refractivity contribution is 5.19. The zero-order chi connectivity index (χ0) is 10.7. The Morgan fingerprint density at radius 3 is 2.73 bits per heavy atom. The van der Waals surface area contributed by atoms with Gasteiger partial charge >= 0.3 is 6.01 Å². The van der Waals surface area contributed by atoms with Crippen LogP contribution in [0.25, 0.3) is 0 Å². The summed E-state index contributed by atoms with van der Waals surface area (Å²) in [5, 5.41) is 16.8. The molecule has 1 aromatic rings. The van der Waals surface area contributed by atoms with Gasteiger partial charge in [0, 0.05) is 6.54 Å². The lowest BCUT2D eigenvalue weighted by Gasteiger charge is -2.31. The van der Waals surface area contributed by atoms with Crippen LogP contribution in [0.5, 0.6) is 0 Å². The number of aliphatic hydroxyl groups is 1. The Hall–Kier alpha value is -1.10. The highest BCUT2D eigenvalue weighted by atomic mass is 16.5. The van der Waals surface area contributed by atoms with E-state index in [2.05, 4.69) is 15.5 Å². The fourth-order valence-corrected chi connectivity index (χ4v) is 2.00. The summed E-state index contributed by atoms with van der Waals surface area (Å²) in [5.41, 5.74) is -0.597. The summed E-state index contributed by atoms with van der Waals surface area (Å²) in [4.78, 5) is 4.03. The second-order valence-electron chi connectivity index (χ2n) is 4.29. The number of anilines is 1. The summed E-state index contributed by atoms with van der Waals surface area (Å²) in [7, 11) is 0. The number of hydrogen-bond acceptors (Lipinski definition) is 5. The van der Waals surface area contributed by atoms with Crippen LogP contribution in [0.2, 0.25) is 0 Å². The van der Waals surface area contributed by atoms with E-state index in [1.807, 2.05) is 0 Å². The number of aromatic nitrogens is 2. The van der Waals surface area contributed by atoms with Gasteiger partial charge in [-0.1, -0.05) is 24.4 Å². The molecule has 0 bridgehead atoms. The van der Waals surface area contributed by atoms with Crippen molar-refractivity contribution in [3.8, 4) is 0 Å². The highest BCUT2D eigenvalue weighted by Gasteiger charge is 2.29. The van der Waals surface area contributed by atoms with E-state index in [4.69, 9.17) is 4.52 Å². The quantitative estimate of drug-likeness (QED) is 0.792. The minimum Gasteiger partial charge on any atom is -0.388 e. The van der Waals surface area contributed by atoms with Gasteiger partial charge in [0.25, 0.3) is 0 Å². The predicted octanol–water partition coefficient (Wildman–Crippen LogP) is 1.49. The third kappa shape index (κ3) is 2.68. The van der Waals surface area contributed by atoms with Crippen molar-refractivity contribution in [2.45, 2.75) is 44.6 Å². The molecule has 0 unspecified atom stereocenters. The normalized spacial score (nSPS) is 20.1. The molecule has 2 rings (SSSR count). The Morgan fingerprint density at radius 1 is 1.40 bits per heavy atom. The van der Waals surface area contributed by atoms with E-state index in [0.717, 1.165) is 25.7 Å². The maximum Gasteiger partial charge on any atom is 0.321 e. The molecule has 2 N–H and O–H groups in total. The molecule has 0 saturated heterocycles. The molecule has 5 heteroatoms. The molecule has 1 aliphatic rings. The van der Waals surface area contributed by atoms with Crippen LogP contribution in [-0.4, -0.2) is 27.4 Å². The minimum atomic E-state index is -0.597. The summed E-state index contributed by atoms with van der Waals surface area (Å²) in [6.45, 7) is 2.26. The van der Waals surface area contributed by atoms with Crippen LogP contribution in [0.1, 0.15) is 37.9 Å². The van der Waals surface area contributed by atoms with Crippen molar-refractivity contribution in [1.29, 1.82) is 0 Å². The van der Waals surface area contributed by atoms with Gasteiger partial charge in [-0.15, -0.1) is 0 Å². The number of nitrogens with zero attached hydrogens (tertiary/aromatic N) is 2. The van der Waals surface area contributed by atoms with Gasteiger partial charge in [-0.05, 0) is 19.8 Å². The van der Waals surface area contributed by atoms with Crippen molar-refractivity contribution >= 4 is 6.01 Å². The third-order valence-electron chi connectivity index (χ3n) is 2.88. The molecule has 0 aliphatic heterocycles. The molecule has 0 amide bonds. The zero-order valence-electron chi connectivity index (χ0n) is 8.99. The standard InChI is InChI=1S/C10H17N3O2/c1-8-12-9(15-13-8)11-7-10(14)5-3-2-4-6-10/h14H,2-7H2,1H3,(H,11,12,13). The molecule has 15 heavy (non-hydrogen) atoms. The Bertz CT molecular complexity index is 318. The monoisotopic (exact) mass is 211 g/mol. The van der Waals surface area contributed by atoms with Gasteiger partial charge in [-0.25, -0.2) is 0 Å². The zero-order valence-corrected chi connectivity index (χ0v) is 8.99. The number of rotatable bonds is 3. The summed E-state index contributed by atoms with van der Waals surface area (Å²) in [6, 6.07) is 0.395. The lowest BCUT2D eigenvalue weighted by atomic mass is 9.85. The highest BCUT2D eigenvalue weighted by Crippen LogP contribution is 2.28.